The second kappa shape index (κ2) is 9.18. The van der Waals surface area contributed by atoms with Crippen LogP contribution in [0.25, 0.3) is 22.4 Å². The van der Waals surface area contributed by atoms with Gasteiger partial charge in [-0.2, -0.15) is 0 Å². The SMILES string of the molecule is COC(=O)C(=C1c2cc(I)ccc2-c2ccc(I)cc21)/C(=C(\[O-])OC)[n+]1cccc(C)n1. The Hall–Kier alpha value is -2.47. The molecule has 2 aromatic carbocycles. The molecule has 1 aliphatic rings. The van der Waals surface area contributed by atoms with Gasteiger partial charge in [-0.25, -0.2) is 4.79 Å². The summed E-state index contributed by atoms with van der Waals surface area (Å²) in [7, 11) is 2.58. The first-order valence-electron chi connectivity index (χ1n) is 9.60. The molecule has 0 bridgehead atoms. The number of esters is 1. The van der Waals surface area contributed by atoms with Crippen molar-refractivity contribution < 1.29 is 24.1 Å². The minimum Gasteiger partial charge on any atom is -0.612 e. The van der Waals surface area contributed by atoms with Gasteiger partial charge in [-0.3, -0.25) is 0 Å². The number of fused-ring (bicyclic) bond motifs is 3. The normalized spacial score (nSPS) is 12.6. The van der Waals surface area contributed by atoms with Crippen LogP contribution in [0.2, 0.25) is 0 Å². The van der Waals surface area contributed by atoms with E-state index in [1.54, 1.807) is 25.3 Å². The number of aryl methyl sites for hydroxylation is 1. The molecule has 8 heteroatoms. The second-order valence-corrected chi connectivity index (χ2v) is 9.55. The van der Waals surface area contributed by atoms with Crippen molar-refractivity contribution in [2.45, 2.75) is 6.92 Å². The molecule has 0 radical (unpaired) electrons. The van der Waals surface area contributed by atoms with Gasteiger partial charge in [0, 0.05) is 23.9 Å². The molecule has 162 valence electrons. The molecular weight excluding hydrogens is 634 g/mol. The van der Waals surface area contributed by atoms with Crippen molar-refractivity contribution in [3.8, 4) is 11.1 Å². The summed E-state index contributed by atoms with van der Waals surface area (Å²) in [5.41, 5.74) is 5.07. The van der Waals surface area contributed by atoms with Crippen molar-refractivity contribution in [3.05, 3.63) is 90.2 Å². The van der Waals surface area contributed by atoms with Gasteiger partial charge >= 0.3 is 5.97 Å². The summed E-state index contributed by atoms with van der Waals surface area (Å²) in [5.74, 6) is -1.33. The molecule has 3 aromatic rings. The first kappa shape index (κ1) is 22.7. The molecule has 1 aromatic heterocycles. The van der Waals surface area contributed by atoms with Crippen LogP contribution in [0.4, 0.5) is 0 Å². The van der Waals surface area contributed by atoms with E-state index in [-0.39, 0.29) is 11.3 Å². The highest BCUT2D eigenvalue weighted by Gasteiger charge is 2.36. The average molecular weight is 652 g/mol. The van der Waals surface area contributed by atoms with E-state index in [0.717, 1.165) is 29.4 Å². The highest BCUT2D eigenvalue weighted by atomic mass is 127. The van der Waals surface area contributed by atoms with Crippen molar-refractivity contribution in [1.82, 2.24) is 5.10 Å². The van der Waals surface area contributed by atoms with E-state index in [2.05, 4.69) is 50.3 Å². The van der Waals surface area contributed by atoms with E-state index in [0.29, 0.717) is 11.3 Å². The van der Waals surface area contributed by atoms with Crippen LogP contribution in [0.3, 0.4) is 0 Å². The number of aromatic nitrogens is 2. The molecule has 0 aliphatic heterocycles. The smallest absolute Gasteiger partial charge is 0.345 e. The van der Waals surface area contributed by atoms with Crippen LogP contribution >= 0.6 is 45.2 Å². The predicted molar refractivity (Wildman–Crippen MR) is 135 cm³/mol. The minimum atomic E-state index is -0.688. The van der Waals surface area contributed by atoms with E-state index in [1.165, 1.54) is 18.9 Å². The number of hydrogen-bond acceptors (Lipinski definition) is 5. The Balaban J connectivity index is 2.18. The van der Waals surface area contributed by atoms with Gasteiger partial charge in [0.1, 0.15) is 17.2 Å². The summed E-state index contributed by atoms with van der Waals surface area (Å²) >= 11 is 4.47. The van der Waals surface area contributed by atoms with Crippen LogP contribution in [0.15, 0.2) is 66.2 Å². The maximum atomic E-state index is 13.3. The van der Waals surface area contributed by atoms with Gasteiger partial charge in [0.2, 0.25) is 6.20 Å². The maximum Gasteiger partial charge on any atom is 0.345 e. The lowest BCUT2D eigenvalue weighted by Gasteiger charge is -2.16. The molecule has 4 rings (SSSR count). The molecule has 0 saturated heterocycles. The van der Waals surface area contributed by atoms with Crippen LogP contribution < -0.4 is 9.79 Å². The van der Waals surface area contributed by atoms with Crippen LogP contribution in [0, 0.1) is 14.1 Å². The number of methoxy groups -OCH3 is 2. The Morgan fingerprint density at radius 2 is 1.53 bits per heavy atom. The van der Waals surface area contributed by atoms with Crippen molar-refractivity contribution in [2.75, 3.05) is 14.2 Å². The lowest BCUT2D eigenvalue weighted by molar-refractivity contribution is -0.650. The lowest BCUT2D eigenvalue weighted by Crippen LogP contribution is -2.42. The zero-order chi connectivity index (χ0) is 23.0. The first-order chi connectivity index (χ1) is 15.3. The maximum absolute atomic E-state index is 13.3. The monoisotopic (exact) mass is 652 g/mol. The number of hydrogen-bond donors (Lipinski definition) is 0. The first-order valence-corrected chi connectivity index (χ1v) is 11.8. The summed E-state index contributed by atoms with van der Waals surface area (Å²) in [4.78, 5) is 13.3. The van der Waals surface area contributed by atoms with Gasteiger partial charge in [-0.15, -0.1) is 0 Å². The lowest BCUT2D eigenvalue weighted by atomic mass is 9.96. The van der Waals surface area contributed by atoms with Crippen molar-refractivity contribution in [3.63, 3.8) is 0 Å². The quantitative estimate of drug-likeness (QED) is 0.111. The Labute approximate surface area is 212 Å². The van der Waals surface area contributed by atoms with Crippen molar-refractivity contribution in [2.24, 2.45) is 0 Å². The summed E-state index contributed by atoms with van der Waals surface area (Å²) in [6.45, 7) is 1.81. The second-order valence-electron chi connectivity index (χ2n) is 7.06. The number of ether oxygens (including phenoxy) is 2. The number of benzene rings is 2. The van der Waals surface area contributed by atoms with E-state index in [9.17, 15) is 9.90 Å². The van der Waals surface area contributed by atoms with E-state index < -0.39 is 11.9 Å². The highest BCUT2D eigenvalue weighted by Crippen LogP contribution is 2.48. The van der Waals surface area contributed by atoms with Crippen LogP contribution in [-0.4, -0.2) is 25.3 Å². The number of nitrogens with zero attached hydrogens (tertiary/aromatic N) is 2. The molecule has 32 heavy (non-hydrogen) atoms. The van der Waals surface area contributed by atoms with E-state index in [4.69, 9.17) is 9.47 Å². The molecule has 6 nitrogen and oxygen atoms in total. The Morgan fingerprint density at radius 3 is 2.03 bits per heavy atom. The van der Waals surface area contributed by atoms with Gasteiger partial charge in [0.25, 0.3) is 5.70 Å². The predicted octanol–water partition coefficient (Wildman–Crippen LogP) is 3.68. The van der Waals surface area contributed by atoms with E-state index >= 15 is 0 Å². The fraction of sp³-hybridized carbons (Fsp3) is 0.125. The Morgan fingerprint density at radius 1 is 0.938 bits per heavy atom. The topological polar surface area (TPSA) is 75.4 Å². The molecule has 0 amide bonds. The fourth-order valence-electron chi connectivity index (χ4n) is 3.78. The zero-order valence-corrected chi connectivity index (χ0v) is 21.8. The van der Waals surface area contributed by atoms with E-state index in [1.807, 2.05) is 36.4 Å². The molecule has 0 saturated carbocycles. The van der Waals surface area contributed by atoms with Gasteiger partial charge in [0.15, 0.2) is 0 Å². The van der Waals surface area contributed by atoms with Gasteiger partial charge in [0.05, 0.1) is 7.11 Å². The molecular formula is C24H18I2N2O4. The van der Waals surface area contributed by atoms with Crippen LogP contribution in [0.5, 0.6) is 0 Å². The summed E-state index contributed by atoms with van der Waals surface area (Å²) < 4.78 is 13.6. The molecule has 0 atom stereocenters. The number of carbonyl (C=O) groups excluding carboxylic acids is 1. The molecule has 1 heterocycles. The third kappa shape index (κ3) is 4.01. The summed E-state index contributed by atoms with van der Waals surface area (Å²) in [5, 5.41) is 17.5. The summed E-state index contributed by atoms with van der Waals surface area (Å²) in [6.07, 6.45) is 1.61. The Bertz CT molecular complexity index is 1260. The number of halogens is 2. The summed E-state index contributed by atoms with van der Waals surface area (Å²) in [6, 6.07) is 15.7. The molecule has 0 spiro atoms. The van der Waals surface area contributed by atoms with Gasteiger partial charge < -0.3 is 14.6 Å². The molecule has 0 N–H and O–H groups in total. The standard InChI is InChI=1S/C24H18I2N2O4/c1-13-5-4-10-28(27-13)22(24(30)32-3)21(23(29)31-2)20-18-11-14(25)6-8-16(18)17-9-7-15(26)12-19(17)20/h4-12H,1-3H3. The highest BCUT2D eigenvalue weighted by molar-refractivity contribution is 14.1. The zero-order valence-electron chi connectivity index (χ0n) is 17.5. The third-order valence-corrected chi connectivity index (χ3v) is 6.45. The minimum absolute atomic E-state index is 0.00503. The van der Waals surface area contributed by atoms with Gasteiger partial charge in [-0.05, 0) is 116 Å². The van der Waals surface area contributed by atoms with Crippen LogP contribution in [0.1, 0.15) is 16.8 Å². The van der Waals surface area contributed by atoms with Crippen LogP contribution in [-0.2, 0) is 14.3 Å². The number of carbonyl (C=O) groups is 1. The number of rotatable bonds is 4. The van der Waals surface area contributed by atoms with Crippen molar-refractivity contribution in [1.29, 1.82) is 0 Å². The molecule has 0 fully saturated rings. The average Bonchev–Trinajstić information content (AvgIpc) is 3.08. The Kier molecular flexibility index (Phi) is 6.52. The van der Waals surface area contributed by atoms with Gasteiger partial charge in [-0.1, -0.05) is 12.1 Å². The fourth-order valence-corrected chi connectivity index (χ4v) is 4.76. The third-order valence-electron chi connectivity index (χ3n) is 5.11. The molecule has 1 aliphatic carbocycles. The largest absolute Gasteiger partial charge is 0.612 e. The van der Waals surface area contributed by atoms with Crippen molar-refractivity contribution >= 4 is 62.4 Å². The molecule has 0 unspecified atom stereocenters.